The number of carbonyl (C=O) groups excluding carboxylic acids is 1. The van der Waals surface area contributed by atoms with Gasteiger partial charge in [-0.25, -0.2) is 0 Å². The van der Waals surface area contributed by atoms with Gasteiger partial charge in [0, 0.05) is 19.5 Å². The Bertz CT molecular complexity index is 384. The number of amides is 1. The number of rotatable bonds is 14. The summed E-state index contributed by atoms with van der Waals surface area (Å²) in [7, 11) is 0. The van der Waals surface area contributed by atoms with Crippen molar-refractivity contribution < 1.29 is 4.79 Å². The Balaban J connectivity index is 1.39. The Morgan fingerprint density at radius 1 is 0.714 bits per heavy atom. The van der Waals surface area contributed by atoms with Crippen LogP contribution in [0.25, 0.3) is 0 Å². The van der Waals surface area contributed by atoms with Crippen molar-refractivity contribution in [3.8, 4) is 0 Å². The summed E-state index contributed by atoms with van der Waals surface area (Å²) in [6.45, 7) is 6.72. The summed E-state index contributed by atoms with van der Waals surface area (Å²) in [6, 6.07) is 0. The molecule has 0 bridgehead atoms. The van der Waals surface area contributed by atoms with Crippen LogP contribution in [0.2, 0.25) is 0 Å². The van der Waals surface area contributed by atoms with Gasteiger partial charge in [0.15, 0.2) is 0 Å². The van der Waals surface area contributed by atoms with E-state index in [9.17, 15) is 4.79 Å². The lowest BCUT2D eigenvalue weighted by molar-refractivity contribution is -0.133. The largest absolute Gasteiger partial charge is 0.343 e. The molecule has 164 valence electrons. The number of hydrogen-bond donors (Lipinski definition) is 1. The van der Waals surface area contributed by atoms with E-state index in [0.717, 1.165) is 37.8 Å². The Kier molecular flexibility index (Phi) is 12.9. The Hall–Kier alpha value is -0.570. The number of likely N-dealkylation sites (tertiary alicyclic amines) is 1. The van der Waals surface area contributed by atoms with E-state index in [4.69, 9.17) is 0 Å². The van der Waals surface area contributed by atoms with Crippen molar-refractivity contribution in [2.45, 2.75) is 116 Å². The molecule has 0 aromatic heterocycles. The molecule has 0 atom stereocenters. The molecule has 0 aliphatic carbocycles. The molecule has 2 fully saturated rings. The van der Waals surface area contributed by atoms with E-state index < -0.39 is 0 Å². The minimum absolute atomic E-state index is 0.427. The topological polar surface area (TPSA) is 32.3 Å². The van der Waals surface area contributed by atoms with Crippen molar-refractivity contribution in [3.63, 3.8) is 0 Å². The fraction of sp³-hybridized carbons (Fsp3) is 0.960. The first-order valence-electron chi connectivity index (χ1n) is 12.8. The van der Waals surface area contributed by atoms with Crippen molar-refractivity contribution >= 4 is 5.91 Å². The van der Waals surface area contributed by atoms with Crippen LogP contribution in [-0.4, -0.2) is 37.0 Å². The maximum Gasteiger partial charge on any atom is 0.222 e. The van der Waals surface area contributed by atoms with Gasteiger partial charge in [-0.15, -0.1) is 0 Å². The predicted molar refractivity (Wildman–Crippen MR) is 121 cm³/mol. The molecule has 0 spiro atoms. The quantitative estimate of drug-likeness (QED) is 0.351. The fourth-order valence-electron chi connectivity index (χ4n) is 5.21. The first-order chi connectivity index (χ1) is 13.8. The van der Waals surface area contributed by atoms with Crippen LogP contribution in [-0.2, 0) is 4.79 Å². The highest BCUT2D eigenvalue weighted by Gasteiger charge is 2.28. The number of hydrogen-bond acceptors (Lipinski definition) is 2. The summed E-state index contributed by atoms with van der Waals surface area (Å²) < 4.78 is 0. The molecular formula is C25H48N2O. The van der Waals surface area contributed by atoms with Crippen molar-refractivity contribution in [1.82, 2.24) is 10.2 Å². The molecular weight excluding hydrogens is 344 g/mol. The third kappa shape index (κ3) is 9.76. The molecule has 2 heterocycles. The van der Waals surface area contributed by atoms with Gasteiger partial charge in [0.05, 0.1) is 0 Å². The standard InChI is InChI=1S/C25H48N2O/c1-2-3-4-5-6-7-8-9-10-11-12-13-14-25(28)27-21-17-24(18-22-27)23-15-19-26-20-16-23/h23-24,26H,2-22H2,1H3. The molecule has 2 saturated heterocycles. The maximum atomic E-state index is 12.5. The molecule has 1 N–H and O–H groups in total. The summed E-state index contributed by atoms with van der Waals surface area (Å²) in [5.41, 5.74) is 0. The van der Waals surface area contributed by atoms with E-state index in [1.807, 2.05) is 0 Å². The highest BCUT2D eigenvalue weighted by Crippen LogP contribution is 2.31. The Morgan fingerprint density at radius 2 is 1.18 bits per heavy atom. The van der Waals surface area contributed by atoms with Crippen molar-refractivity contribution in [2.75, 3.05) is 26.2 Å². The van der Waals surface area contributed by atoms with Crippen LogP contribution >= 0.6 is 0 Å². The van der Waals surface area contributed by atoms with Crippen LogP contribution in [0.1, 0.15) is 116 Å². The average molecular weight is 393 g/mol. The normalized spacial score (nSPS) is 19.2. The van der Waals surface area contributed by atoms with E-state index >= 15 is 0 Å². The van der Waals surface area contributed by atoms with Gasteiger partial charge in [-0.05, 0) is 57.0 Å². The molecule has 2 aliphatic heterocycles. The first kappa shape index (κ1) is 23.7. The molecule has 1 amide bonds. The molecule has 0 radical (unpaired) electrons. The van der Waals surface area contributed by atoms with Gasteiger partial charge in [0.1, 0.15) is 0 Å². The van der Waals surface area contributed by atoms with Gasteiger partial charge in [-0.1, -0.05) is 77.6 Å². The smallest absolute Gasteiger partial charge is 0.222 e. The molecule has 2 rings (SSSR count). The lowest BCUT2D eigenvalue weighted by Gasteiger charge is -2.37. The zero-order valence-electron chi connectivity index (χ0n) is 18.9. The molecule has 0 aromatic carbocycles. The van der Waals surface area contributed by atoms with Gasteiger partial charge in [-0.3, -0.25) is 4.79 Å². The minimum atomic E-state index is 0.427. The SMILES string of the molecule is CCCCCCCCCCCCCCC(=O)N1CCC(C2CCNCC2)CC1. The molecule has 0 aromatic rings. The van der Waals surface area contributed by atoms with Crippen LogP contribution in [0.5, 0.6) is 0 Å². The second kappa shape index (κ2) is 15.3. The number of unbranched alkanes of at least 4 members (excludes halogenated alkanes) is 11. The molecule has 28 heavy (non-hydrogen) atoms. The predicted octanol–water partition coefficient (Wildman–Crippen LogP) is 6.32. The van der Waals surface area contributed by atoms with Crippen molar-refractivity contribution in [1.29, 1.82) is 0 Å². The van der Waals surface area contributed by atoms with Crippen molar-refractivity contribution in [2.24, 2.45) is 11.8 Å². The van der Waals surface area contributed by atoms with Crippen LogP contribution in [0, 0.1) is 11.8 Å². The highest BCUT2D eigenvalue weighted by atomic mass is 16.2. The second-order valence-electron chi connectivity index (χ2n) is 9.44. The fourth-order valence-corrected chi connectivity index (χ4v) is 5.21. The summed E-state index contributed by atoms with van der Waals surface area (Å²) in [4.78, 5) is 14.6. The lowest BCUT2D eigenvalue weighted by atomic mass is 9.79. The number of piperidine rings is 2. The van der Waals surface area contributed by atoms with Gasteiger partial charge < -0.3 is 10.2 Å². The van der Waals surface area contributed by atoms with E-state index in [-0.39, 0.29) is 0 Å². The minimum Gasteiger partial charge on any atom is -0.343 e. The zero-order valence-corrected chi connectivity index (χ0v) is 18.9. The van der Waals surface area contributed by atoms with Gasteiger partial charge >= 0.3 is 0 Å². The van der Waals surface area contributed by atoms with E-state index in [1.165, 1.54) is 109 Å². The number of nitrogens with zero attached hydrogens (tertiary/aromatic N) is 1. The molecule has 3 heteroatoms. The monoisotopic (exact) mass is 392 g/mol. The maximum absolute atomic E-state index is 12.5. The van der Waals surface area contributed by atoms with Gasteiger partial charge in [0.2, 0.25) is 5.91 Å². The second-order valence-corrected chi connectivity index (χ2v) is 9.44. The summed E-state index contributed by atoms with van der Waals surface area (Å²) >= 11 is 0. The first-order valence-corrected chi connectivity index (χ1v) is 12.8. The lowest BCUT2D eigenvalue weighted by Crippen LogP contribution is -2.41. The third-order valence-corrected chi connectivity index (χ3v) is 7.19. The molecule has 0 unspecified atom stereocenters. The number of carbonyl (C=O) groups is 1. The van der Waals surface area contributed by atoms with Crippen LogP contribution in [0.3, 0.4) is 0 Å². The average Bonchev–Trinajstić information content (AvgIpc) is 2.75. The summed E-state index contributed by atoms with van der Waals surface area (Å²) in [5.74, 6) is 2.21. The molecule has 2 aliphatic rings. The molecule has 3 nitrogen and oxygen atoms in total. The summed E-state index contributed by atoms with van der Waals surface area (Å²) in [6.07, 6.45) is 22.3. The van der Waals surface area contributed by atoms with Gasteiger partial charge in [-0.2, -0.15) is 0 Å². The highest BCUT2D eigenvalue weighted by molar-refractivity contribution is 5.76. The zero-order chi connectivity index (χ0) is 19.9. The van der Waals surface area contributed by atoms with Crippen molar-refractivity contribution in [3.05, 3.63) is 0 Å². The third-order valence-electron chi connectivity index (χ3n) is 7.19. The number of nitrogens with one attached hydrogen (secondary N) is 1. The van der Waals surface area contributed by atoms with E-state index in [0.29, 0.717) is 5.91 Å². The Morgan fingerprint density at radius 3 is 1.71 bits per heavy atom. The van der Waals surface area contributed by atoms with Gasteiger partial charge in [0.25, 0.3) is 0 Å². The van der Waals surface area contributed by atoms with E-state index in [1.54, 1.807) is 0 Å². The molecule has 0 saturated carbocycles. The van der Waals surface area contributed by atoms with Crippen LogP contribution in [0.15, 0.2) is 0 Å². The Labute approximate surface area is 175 Å². The van der Waals surface area contributed by atoms with Crippen LogP contribution < -0.4 is 5.32 Å². The summed E-state index contributed by atoms with van der Waals surface area (Å²) in [5, 5.41) is 3.47. The van der Waals surface area contributed by atoms with E-state index in [2.05, 4.69) is 17.1 Å². The van der Waals surface area contributed by atoms with Crippen LogP contribution in [0.4, 0.5) is 0 Å².